The van der Waals surface area contributed by atoms with Crippen LogP contribution in [0.15, 0.2) is 0 Å². The summed E-state index contributed by atoms with van der Waals surface area (Å²) in [7, 11) is -4.21. The van der Waals surface area contributed by atoms with Gasteiger partial charge in [0.25, 0.3) is 10.1 Å². The van der Waals surface area contributed by atoms with Crippen molar-refractivity contribution < 1.29 is 21.8 Å². The monoisotopic (exact) mass is 230 g/mol. The first-order valence-corrected chi connectivity index (χ1v) is 6.22. The molecule has 0 aliphatic heterocycles. The molecule has 86 valence electrons. The summed E-state index contributed by atoms with van der Waals surface area (Å²) in [4.78, 5) is 0. The van der Waals surface area contributed by atoms with Crippen LogP contribution in [0.5, 0.6) is 0 Å². The zero-order chi connectivity index (χ0) is 11.0. The number of halogens is 2. The van der Waals surface area contributed by atoms with Crippen molar-refractivity contribution in [1.82, 2.24) is 0 Å². The van der Waals surface area contributed by atoms with Crippen molar-refractivity contribution in [3.63, 3.8) is 0 Å². The molecule has 0 bridgehead atoms. The molecule has 0 amide bonds. The van der Waals surface area contributed by atoms with Gasteiger partial charge in [-0.2, -0.15) is 8.42 Å². The highest BCUT2D eigenvalue weighted by Crippen LogP contribution is 2.09. The summed E-state index contributed by atoms with van der Waals surface area (Å²) < 4.78 is 53.2. The third-order valence-electron chi connectivity index (χ3n) is 1.79. The third-order valence-corrected chi connectivity index (χ3v) is 2.58. The van der Waals surface area contributed by atoms with Crippen molar-refractivity contribution in [2.24, 2.45) is 0 Å². The zero-order valence-electron chi connectivity index (χ0n) is 7.95. The SMILES string of the molecule is O=S(=O)(O)CC(F)CCCCCCF. The van der Waals surface area contributed by atoms with Gasteiger partial charge in [-0.3, -0.25) is 8.94 Å². The van der Waals surface area contributed by atoms with Crippen LogP contribution in [0.1, 0.15) is 32.1 Å². The molecule has 0 aromatic carbocycles. The standard InChI is InChI=1S/C8H16F2O3S/c9-6-4-2-1-3-5-8(10)7-14(11,12)13/h8H,1-7H2,(H,11,12,13). The summed E-state index contributed by atoms with van der Waals surface area (Å²) >= 11 is 0. The topological polar surface area (TPSA) is 54.4 Å². The minimum atomic E-state index is -4.21. The average Bonchev–Trinajstić information content (AvgIpc) is 2.00. The molecule has 0 spiro atoms. The van der Waals surface area contributed by atoms with Crippen LogP contribution >= 0.6 is 0 Å². The van der Waals surface area contributed by atoms with Crippen molar-refractivity contribution in [1.29, 1.82) is 0 Å². The molecular formula is C8H16F2O3S. The van der Waals surface area contributed by atoms with E-state index in [-0.39, 0.29) is 13.1 Å². The van der Waals surface area contributed by atoms with Crippen molar-refractivity contribution in [3.05, 3.63) is 0 Å². The van der Waals surface area contributed by atoms with Gasteiger partial charge in [-0.25, -0.2) is 4.39 Å². The molecule has 0 aliphatic carbocycles. The normalized spacial score (nSPS) is 14.2. The summed E-state index contributed by atoms with van der Waals surface area (Å²) in [6, 6.07) is 0. The summed E-state index contributed by atoms with van der Waals surface area (Å²) in [6.45, 7) is -0.371. The minimum absolute atomic E-state index is 0.103. The Labute approximate surface area is 83.3 Å². The van der Waals surface area contributed by atoms with Crippen LogP contribution in [0.4, 0.5) is 8.78 Å². The molecule has 1 N–H and O–H groups in total. The Hall–Kier alpha value is -0.230. The van der Waals surface area contributed by atoms with E-state index in [0.29, 0.717) is 25.7 Å². The fraction of sp³-hybridized carbons (Fsp3) is 1.00. The van der Waals surface area contributed by atoms with Crippen molar-refractivity contribution in [2.45, 2.75) is 38.3 Å². The number of hydrogen-bond acceptors (Lipinski definition) is 2. The van der Waals surface area contributed by atoms with Gasteiger partial charge in [0.1, 0.15) is 11.9 Å². The van der Waals surface area contributed by atoms with Gasteiger partial charge in [-0.1, -0.05) is 19.3 Å². The molecule has 0 radical (unpaired) electrons. The summed E-state index contributed by atoms with van der Waals surface area (Å²) in [5.41, 5.74) is 0. The van der Waals surface area contributed by atoms with Gasteiger partial charge in [0.15, 0.2) is 0 Å². The molecule has 0 aromatic rings. The Morgan fingerprint density at radius 1 is 1.14 bits per heavy atom. The van der Waals surface area contributed by atoms with Gasteiger partial charge in [-0.05, 0) is 12.8 Å². The second kappa shape index (κ2) is 7.11. The Kier molecular flexibility index (Phi) is 7.00. The molecule has 1 unspecified atom stereocenters. The molecule has 0 aromatic heterocycles. The van der Waals surface area contributed by atoms with Gasteiger partial charge in [0, 0.05) is 0 Å². The van der Waals surface area contributed by atoms with E-state index >= 15 is 0 Å². The quantitative estimate of drug-likeness (QED) is 0.513. The lowest BCUT2D eigenvalue weighted by molar-refractivity contribution is 0.323. The molecule has 0 aliphatic rings. The van der Waals surface area contributed by atoms with E-state index in [1.165, 1.54) is 0 Å². The fourth-order valence-corrected chi connectivity index (χ4v) is 1.75. The maximum atomic E-state index is 12.8. The maximum absolute atomic E-state index is 12.8. The summed E-state index contributed by atoms with van der Waals surface area (Å²) in [5.74, 6) is -0.837. The summed E-state index contributed by atoms with van der Waals surface area (Å²) in [6.07, 6.45) is 0.957. The molecule has 6 heteroatoms. The Balaban J connectivity index is 3.41. The lowest BCUT2D eigenvalue weighted by atomic mass is 10.1. The van der Waals surface area contributed by atoms with Crippen LogP contribution in [0.2, 0.25) is 0 Å². The first-order valence-electron chi connectivity index (χ1n) is 4.61. The lowest BCUT2D eigenvalue weighted by Crippen LogP contribution is -2.16. The Bertz CT molecular complexity index is 229. The highest BCUT2D eigenvalue weighted by atomic mass is 32.2. The smallest absolute Gasteiger partial charge is 0.267 e. The summed E-state index contributed by atoms with van der Waals surface area (Å²) in [5, 5.41) is 0. The zero-order valence-corrected chi connectivity index (χ0v) is 8.77. The van der Waals surface area contributed by atoms with Crippen LogP contribution in [-0.2, 0) is 10.1 Å². The lowest BCUT2D eigenvalue weighted by Gasteiger charge is -2.05. The molecular weight excluding hydrogens is 214 g/mol. The predicted molar refractivity (Wildman–Crippen MR) is 50.4 cm³/mol. The van der Waals surface area contributed by atoms with Crippen LogP contribution in [-0.4, -0.2) is 31.6 Å². The van der Waals surface area contributed by atoms with Gasteiger partial charge in [-0.15, -0.1) is 0 Å². The first kappa shape index (κ1) is 13.8. The predicted octanol–water partition coefficient (Wildman–Crippen LogP) is 2.13. The molecule has 1 atom stereocenters. The Morgan fingerprint density at radius 3 is 2.21 bits per heavy atom. The molecule has 0 saturated carbocycles. The van der Waals surface area contributed by atoms with Crippen LogP contribution in [0.25, 0.3) is 0 Å². The number of unbranched alkanes of at least 4 members (excludes halogenated alkanes) is 3. The minimum Gasteiger partial charge on any atom is -0.285 e. The van der Waals surface area contributed by atoms with Gasteiger partial charge in [0.2, 0.25) is 0 Å². The Morgan fingerprint density at radius 2 is 1.71 bits per heavy atom. The number of hydrogen-bond donors (Lipinski definition) is 1. The molecule has 0 saturated heterocycles. The fourth-order valence-electron chi connectivity index (χ4n) is 1.13. The first-order chi connectivity index (χ1) is 6.45. The van der Waals surface area contributed by atoms with E-state index in [9.17, 15) is 17.2 Å². The van der Waals surface area contributed by atoms with Gasteiger partial charge in [0.05, 0.1) is 6.67 Å². The van der Waals surface area contributed by atoms with Gasteiger partial charge >= 0.3 is 0 Å². The molecule has 14 heavy (non-hydrogen) atoms. The second-order valence-corrected chi connectivity index (χ2v) is 4.73. The van der Waals surface area contributed by atoms with E-state index in [1.54, 1.807) is 0 Å². The number of alkyl halides is 2. The highest BCUT2D eigenvalue weighted by Gasteiger charge is 2.14. The van der Waals surface area contributed by atoms with Crippen LogP contribution in [0.3, 0.4) is 0 Å². The second-order valence-electron chi connectivity index (χ2n) is 3.24. The molecule has 0 fully saturated rings. The van der Waals surface area contributed by atoms with E-state index < -0.39 is 22.0 Å². The van der Waals surface area contributed by atoms with Crippen molar-refractivity contribution >= 4 is 10.1 Å². The number of rotatable bonds is 8. The average molecular weight is 230 g/mol. The molecule has 3 nitrogen and oxygen atoms in total. The van der Waals surface area contributed by atoms with E-state index in [2.05, 4.69) is 0 Å². The molecule has 0 rings (SSSR count). The highest BCUT2D eigenvalue weighted by molar-refractivity contribution is 7.85. The van der Waals surface area contributed by atoms with Crippen LogP contribution < -0.4 is 0 Å². The van der Waals surface area contributed by atoms with Crippen molar-refractivity contribution in [3.8, 4) is 0 Å². The maximum Gasteiger partial charge on any atom is 0.267 e. The van der Waals surface area contributed by atoms with E-state index in [1.807, 2.05) is 0 Å². The van der Waals surface area contributed by atoms with Crippen molar-refractivity contribution in [2.75, 3.05) is 12.4 Å². The van der Waals surface area contributed by atoms with E-state index in [4.69, 9.17) is 4.55 Å². The third kappa shape index (κ3) is 9.85. The largest absolute Gasteiger partial charge is 0.285 e. The van der Waals surface area contributed by atoms with E-state index in [0.717, 1.165) is 0 Å². The van der Waals surface area contributed by atoms with Crippen LogP contribution in [0, 0.1) is 0 Å². The van der Waals surface area contributed by atoms with Gasteiger partial charge < -0.3 is 0 Å². The molecule has 0 heterocycles.